The van der Waals surface area contributed by atoms with E-state index in [0.717, 1.165) is 6.42 Å². The molecule has 0 spiro atoms. The van der Waals surface area contributed by atoms with Crippen LogP contribution in [0.15, 0.2) is 24.4 Å². The molecule has 1 atom stereocenters. The van der Waals surface area contributed by atoms with Crippen molar-refractivity contribution in [1.29, 1.82) is 0 Å². The van der Waals surface area contributed by atoms with Crippen LogP contribution in [0.5, 0.6) is 0 Å². The van der Waals surface area contributed by atoms with E-state index in [1.54, 1.807) is 6.08 Å². The standard InChI is InChI=1S/C12H17NO3/c1-4-5-6-9(11(15)16)13-10(14)8-7-12(8,2)3/h4,6,8H,1,5,7H2,2-3H3,(H,13,14)(H,15,16)/b9-6-. The van der Waals surface area contributed by atoms with Crippen LogP contribution in [-0.4, -0.2) is 17.0 Å². The molecule has 16 heavy (non-hydrogen) atoms. The van der Waals surface area contributed by atoms with Gasteiger partial charge in [0, 0.05) is 5.92 Å². The number of carboxylic acids is 1. The molecule has 1 aliphatic rings. The number of carboxylic acid groups (broad SMARTS) is 1. The van der Waals surface area contributed by atoms with Gasteiger partial charge in [-0.15, -0.1) is 6.58 Å². The third-order valence-corrected chi connectivity index (χ3v) is 2.81. The number of nitrogens with one attached hydrogen (secondary N) is 1. The maximum atomic E-state index is 11.7. The minimum Gasteiger partial charge on any atom is -0.477 e. The Kier molecular flexibility index (Phi) is 3.52. The Balaban J connectivity index is 2.60. The van der Waals surface area contributed by atoms with Crippen LogP contribution in [0.3, 0.4) is 0 Å². The van der Waals surface area contributed by atoms with Crippen LogP contribution in [0.2, 0.25) is 0 Å². The molecule has 0 aromatic rings. The summed E-state index contributed by atoms with van der Waals surface area (Å²) in [4.78, 5) is 22.5. The molecular formula is C12H17NO3. The summed E-state index contributed by atoms with van der Waals surface area (Å²) in [6.07, 6.45) is 4.27. The molecular weight excluding hydrogens is 206 g/mol. The molecule has 0 aromatic heterocycles. The van der Waals surface area contributed by atoms with Crippen molar-refractivity contribution in [2.75, 3.05) is 0 Å². The Morgan fingerprint density at radius 2 is 2.12 bits per heavy atom. The topological polar surface area (TPSA) is 66.4 Å². The van der Waals surface area contributed by atoms with E-state index in [-0.39, 0.29) is 22.9 Å². The molecule has 0 radical (unpaired) electrons. The zero-order valence-corrected chi connectivity index (χ0v) is 9.62. The van der Waals surface area contributed by atoms with Gasteiger partial charge in [0.2, 0.25) is 5.91 Å². The number of aliphatic carboxylic acids is 1. The average molecular weight is 223 g/mol. The van der Waals surface area contributed by atoms with Crippen molar-refractivity contribution in [3.8, 4) is 0 Å². The molecule has 1 rings (SSSR count). The molecule has 4 heteroatoms. The summed E-state index contributed by atoms with van der Waals surface area (Å²) in [6, 6.07) is 0. The fourth-order valence-electron chi connectivity index (χ4n) is 1.53. The molecule has 1 unspecified atom stereocenters. The van der Waals surface area contributed by atoms with Gasteiger partial charge in [0.25, 0.3) is 0 Å². The van der Waals surface area contributed by atoms with Crippen LogP contribution in [-0.2, 0) is 9.59 Å². The fourth-order valence-corrected chi connectivity index (χ4v) is 1.53. The number of rotatable bonds is 5. The minimum absolute atomic E-state index is 0.00608. The first-order valence-corrected chi connectivity index (χ1v) is 5.23. The van der Waals surface area contributed by atoms with Gasteiger partial charge in [-0.25, -0.2) is 4.79 Å². The highest BCUT2D eigenvalue weighted by Crippen LogP contribution is 2.51. The second-order valence-electron chi connectivity index (χ2n) is 4.68. The van der Waals surface area contributed by atoms with E-state index in [1.807, 2.05) is 13.8 Å². The normalized spacial score (nSPS) is 22.4. The van der Waals surface area contributed by atoms with Crippen LogP contribution in [0.1, 0.15) is 26.7 Å². The highest BCUT2D eigenvalue weighted by Gasteiger charge is 2.50. The molecule has 0 aliphatic heterocycles. The van der Waals surface area contributed by atoms with Crippen molar-refractivity contribution in [3.63, 3.8) is 0 Å². The summed E-state index contributed by atoms with van der Waals surface area (Å²) in [5.41, 5.74) is -0.0563. The molecule has 2 N–H and O–H groups in total. The number of hydrogen-bond acceptors (Lipinski definition) is 2. The molecule has 88 valence electrons. The first kappa shape index (κ1) is 12.5. The summed E-state index contributed by atoms with van der Waals surface area (Å²) in [6.45, 7) is 7.47. The highest BCUT2D eigenvalue weighted by molar-refractivity contribution is 5.94. The summed E-state index contributed by atoms with van der Waals surface area (Å²) in [5.74, 6) is -1.39. The van der Waals surface area contributed by atoms with Crippen molar-refractivity contribution in [2.24, 2.45) is 11.3 Å². The molecule has 4 nitrogen and oxygen atoms in total. The number of amides is 1. The first-order chi connectivity index (χ1) is 7.38. The van der Waals surface area contributed by atoms with Crippen molar-refractivity contribution >= 4 is 11.9 Å². The van der Waals surface area contributed by atoms with Crippen LogP contribution in [0, 0.1) is 11.3 Å². The molecule has 0 heterocycles. The van der Waals surface area contributed by atoms with Crippen LogP contribution in [0.25, 0.3) is 0 Å². The Labute approximate surface area is 95.0 Å². The van der Waals surface area contributed by atoms with Crippen molar-refractivity contribution in [1.82, 2.24) is 5.32 Å². The maximum absolute atomic E-state index is 11.7. The smallest absolute Gasteiger partial charge is 0.352 e. The Bertz CT molecular complexity index is 355. The van der Waals surface area contributed by atoms with Gasteiger partial charge in [-0.2, -0.15) is 0 Å². The van der Waals surface area contributed by atoms with E-state index in [9.17, 15) is 9.59 Å². The number of carbonyl (C=O) groups excluding carboxylic acids is 1. The highest BCUT2D eigenvalue weighted by atomic mass is 16.4. The zero-order valence-electron chi connectivity index (χ0n) is 9.62. The fraction of sp³-hybridized carbons (Fsp3) is 0.500. The van der Waals surface area contributed by atoms with Crippen molar-refractivity contribution in [2.45, 2.75) is 26.7 Å². The SMILES string of the molecule is C=CC/C=C(\NC(=O)C1CC1(C)C)C(=O)O. The molecule has 1 fully saturated rings. The summed E-state index contributed by atoms with van der Waals surface area (Å²) in [7, 11) is 0. The van der Waals surface area contributed by atoms with Gasteiger partial charge >= 0.3 is 5.97 Å². The number of carbonyl (C=O) groups is 2. The Morgan fingerprint density at radius 1 is 1.56 bits per heavy atom. The van der Waals surface area contributed by atoms with Gasteiger partial charge in [0.05, 0.1) is 0 Å². The maximum Gasteiger partial charge on any atom is 0.352 e. The molecule has 1 saturated carbocycles. The number of hydrogen-bond donors (Lipinski definition) is 2. The van der Waals surface area contributed by atoms with Gasteiger partial charge < -0.3 is 10.4 Å². The van der Waals surface area contributed by atoms with E-state index >= 15 is 0 Å². The Hall–Kier alpha value is -1.58. The van der Waals surface area contributed by atoms with E-state index < -0.39 is 5.97 Å². The Morgan fingerprint density at radius 3 is 2.50 bits per heavy atom. The third kappa shape index (κ3) is 2.95. The molecule has 1 aliphatic carbocycles. The van der Waals surface area contributed by atoms with Crippen molar-refractivity contribution in [3.05, 3.63) is 24.4 Å². The lowest BCUT2D eigenvalue weighted by atomic mass is 10.1. The van der Waals surface area contributed by atoms with Gasteiger partial charge in [0.1, 0.15) is 5.70 Å². The quantitative estimate of drug-likeness (QED) is 0.550. The molecule has 1 amide bonds. The van der Waals surface area contributed by atoms with Crippen LogP contribution in [0.4, 0.5) is 0 Å². The zero-order chi connectivity index (χ0) is 12.3. The first-order valence-electron chi connectivity index (χ1n) is 5.23. The molecule has 0 aromatic carbocycles. The van der Waals surface area contributed by atoms with E-state index in [4.69, 9.17) is 5.11 Å². The monoisotopic (exact) mass is 223 g/mol. The van der Waals surface area contributed by atoms with Gasteiger partial charge in [-0.05, 0) is 24.3 Å². The lowest BCUT2D eigenvalue weighted by Gasteiger charge is -2.06. The van der Waals surface area contributed by atoms with Crippen LogP contribution < -0.4 is 5.32 Å². The van der Waals surface area contributed by atoms with E-state index in [1.165, 1.54) is 6.08 Å². The van der Waals surface area contributed by atoms with Gasteiger partial charge in [-0.3, -0.25) is 4.79 Å². The lowest BCUT2D eigenvalue weighted by Crippen LogP contribution is -2.29. The third-order valence-electron chi connectivity index (χ3n) is 2.81. The predicted molar refractivity (Wildman–Crippen MR) is 60.6 cm³/mol. The summed E-state index contributed by atoms with van der Waals surface area (Å²) >= 11 is 0. The largest absolute Gasteiger partial charge is 0.477 e. The summed E-state index contributed by atoms with van der Waals surface area (Å²) < 4.78 is 0. The van der Waals surface area contributed by atoms with E-state index in [0.29, 0.717) is 6.42 Å². The average Bonchev–Trinajstić information content (AvgIpc) is 2.81. The van der Waals surface area contributed by atoms with Crippen molar-refractivity contribution < 1.29 is 14.7 Å². The minimum atomic E-state index is -1.12. The molecule has 0 saturated heterocycles. The lowest BCUT2D eigenvalue weighted by molar-refractivity contribution is -0.135. The second-order valence-corrected chi connectivity index (χ2v) is 4.68. The number of allylic oxidation sites excluding steroid dienone is 2. The van der Waals surface area contributed by atoms with Crippen LogP contribution >= 0.6 is 0 Å². The van der Waals surface area contributed by atoms with Gasteiger partial charge in [-0.1, -0.05) is 19.9 Å². The van der Waals surface area contributed by atoms with E-state index in [2.05, 4.69) is 11.9 Å². The van der Waals surface area contributed by atoms with Gasteiger partial charge in [0.15, 0.2) is 0 Å². The summed E-state index contributed by atoms with van der Waals surface area (Å²) in [5, 5.41) is 11.3. The second kappa shape index (κ2) is 4.51. The predicted octanol–water partition coefficient (Wildman–Crippen LogP) is 1.69. The molecule has 0 bridgehead atoms.